The van der Waals surface area contributed by atoms with Gasteiger partial charge in [0.15, 0.2) is 22.4 Å². The van der Waals surface area contributed by atoms with Crippen LogP contribution in [0.15, 0.2) is 51.0 Å². The smallest absolute Gasteiger partial charge is 0.308 e. The summed E-state index contributed by atoms with van der Waals surface area (Å²) in [5, 5.41) is 4.59. The molecule has 10 heteroatoms. The first-order chi connectivity index (χ1) is 14.7. The molecule has 0 N–H and O–H groups in total. The molecule has 1 unspecified atom stereocenters. The van der Waals surface area contributed by atoms with Crippen molar-refractivity contribution >= 4 is 17.7 Å². The van der Waals surface area contributed by atoms with Crippen LogP contribution in [0.4, 0.5) is 0 Å². The molecule has 0 bridgehead atoms. The fourth-order valence-corrected chi connectivity index (χ4v) is 4.48. The van der Waals surface area contributed by atoms with E-state index in [1.54, 1.807) is 10.6 Å². The molecule has 0 spiro atoms. The van der Waals surface area contributed by atoms with Gasteiger partial charge in [0.05, 0.1) is 12.5 Å². The lowest BCUT2D eigenvalue weighted by atomic mass is 10.1. The van der Waals surface area contributed by atoms with Gasteiger partial charge in [0.1, 0.15) is 25.5 Å². The second-order valence-corrected chi connectivity index (χ2v) is 7.79. The Morgan fingerprint density at radius 2 is 2.07 bits per heavy atom. The molecule has 0 radical (unpaired) electrons. The van der Waals surface area contributed by atoms with Gasteiger partial charge in [0, 0.05) is 29.6 Å². The second kappa shape index (κ2) is 7.86. The van der Waals surface area contributed by atoms with Crippen molar-refractivity contribution in [3.63, 3.8) is 0 Å². The van der Waals surface area contributed by atoms with Gasteiger partial charge in [-0.05, 0) is 18.2 Å². The molecule has 2 aliphatic rings. The molecule has 5 rings (SSSR count). The zero-order chi connectivity index (χ0) is 20.5. The number of thioether (sulfide) groups is 1. The van der Waals surface area contributed by atoms with E-state index in [9.17, 15) is 9.59 Å². The first kappa shape index (κ1) is 18.7. The summed E-state index contributed by atoms with van der Waals surface area (Å²) in [6, 6.07) is 8.34. The van der Waals surface area contributed by atoms with E-state index in [0.717, 1.165) is 5.56 Å². The number of hydrogen-bond acceptors (Lipinski definition) is 9. The van der Waals surface area contributed by atoms with Crippen LogP contribution in [0.1, 0.15) is 18.2 Å². The molecular weight excluding hydrogens is 410 g/mol. The highest BCUT2D eigenvalue weighted by Gasteiger charge is 2.27. The van der Waals surface area contributed by atoms with Gasteiger partial charge in [0.25, 0.3) is 5.56 Å². The average molecular weight is 427 g/mol. The average Bonchev–Trinajstić information content (AvgIpc) is 3.40. The molecule has 4 heterocycles. The fourth-order valence-electron chi connectivity index (χ4n) is 3.36. The third kappa shape index (κ3) is 3.65. The molecule has 0 saturated heterocycles. The third-order valence-electron chi connectivity index (χ3n) is 4.78. The van der Waals surface area contributed by atoms with Crippen molar-refractivity contribution in [2.75, 3.05) is 19.0 Å². The zero-order valence-corrected chi connectivity index (χ0v) is 16.6. The lowest BCUT2D eigenvalue weighted by Gasteiger charge is -2.18. The number of hydrogen-bond donors (Lipinski definition) is 0. The number of carbonyl (C=O) groups excluding carboxylic acids is 1. The van der Waals surface area contributed by atoms with Gasteiger partial charge < -0.3 is 18.7 Å². The minimum atomic E-state index is -0.409. The number of aromatic nitrogens is 3. The highest BCUT2D eigenvalue weighted by molar-refractivity contribution is 7.99. The van der Waals surface area contributed by atoms with Crippen LogP contribution in [0.3, 0.4) is 0 Å². The Bertz CT molecular complexity index is 1160. The first-order valence-corrected chi connectivity index (χ1v) is 10.4. The number of nitrogens with zero attached hydrogens (tertiary/aromatic N) is 3. The quantitative estimate of drug-likeness (QED) is 0.448. The van der Waals surface area contributed by atoms with Gasteiger partial charge in [-0.25, -0.2) is 4.98 Å². The van der Waals surface area contributed by atoms with E-state index >= 15 is 0 Å². The predicted molar refractivity (Wildman–Crippen MR) is 106 cm³/mol. The summed E-state index contributed by atoms with van der Waals surface area (Å²) in [7, 11) is 0. The van der Waals surface area contributed by atoms with Crippen molar-refractivity contribution < 1.29 is 23.5 Å². The lowest BCUT2D eigenvalue weighted by molar-refractivity contribution is -0.145. The van der Waals surface area contributed by atoms with E-state index in [1.165, 1.54) is 24.0 Å². The predicted octanol–water partition coefficient (Wildman–Crippen LogP) is 2.45. The molecule has 0 aliphatic carbocycles. The number of fused-ring (bicyclic) bond motifs is 2. The van der Waals surface area contributed by atoms with Crippen molar-refractivity contribution in [2.24, 2.45) is 0 Å². The van der Waals surface area contributed by atoms with Crippen LogP contribution < -0.4 is 15.0 Å². The third-order valence-corrected chi connectivity index (χ3v) is 5.90. The zero-order valence-electron chi connectivity index (χ0n) is 15.8. The summed E-state index contributed by atoms with van der Waals surface area (Å²) >= 11 is 1.45. The minimum absolute atomic E-state index is 0.0124. The van der Waals surface area contributed by atoms with Gasteiger partial charge in [-0.15, -0.1) is 0 Å². The maximum atomic E-state index is 12.3. The fraction of sp³-hybridized carbons (Fsp3) is 0.300. The van der Waals surface area contributed by atoms with Crippen molar-refractivity contribution in [3.8, 4) is 22.8 Å². The van der Waals surface area contributed by atoms with Gasteiger partial charge in [-0.2, -0.15) is 0 Å². The van der Waals surface area contributed by atoms with Crippen LogP contribution in [0, 0.1) is 0 Å². The standard InChI is InChI=1S/C20H17N3O6S/c24-18-3-4-21-20-23(18)14(11-30-20)9-19(25)28-10-13-8-16(29-22-13)12-1-2-15-17(7-12)27-6-5-26-15/h1-4,7-8,14H,5-6,9-11H2. The van der Waals surface area contributed by atoms with Crippen molar-refractivity contribution in [3.05, 3.63) is 52.6 Å². The summed E-state index contributed by atoms with van der Waals surface area (Å²) < 4.78 is 23.3. The molecule has 3 aromatic rings. The van der Waals surface area contributed by atoms with Crippen molar-refractivity contribution in [1.82, 2.24) is 14.7 Å². The van der Waals surface area contributed by atoms with Crippen LogP contribution >= 0.6 is 11.8 Å². The Balaban J connectivity index is 1.21. The van der Waals surface area contributed by atoms with Gasteiger partial charge in [-0.1, -0.05) is 16.9 Å². The summed E-state index contributed by atoms with van der Waals surface area (Å²) in [5.41, 5.74) is 1.12. The molecule has 154 valence electrons. The van der Waals surface area contributed by atoms with Gasteiger partial charge >= 0.3 is 5.97 Å². The summed E-state index contributed by atoms with van der Waals surface area (Å²) in [5.74, 6) is 2.09. The first-order valence-electron chi connectivity index (χ1n) is 9.39. The van der Waals surface area contributed by atoms with E-state index in [-0.39, 0.29) is 24.6 Å². The molecule has 2 aliphatic heterocycles. The summed E-state index contributed by atoms with van der Waals surface area (Å²) in [6.45, 7) is 1.02. The topological polar surface area (TPSA) is 106 Å². The van der Waals surface area contributed by atoms with Crippen molar-refractivity contribution in [1.29, 1.82) is 0 Å². The van der Waals surface area contributed by atoms with E-state index in [0.29, 0.717) is 47.1 Å². The number of esters is 1. The van der Waals surface area contributed by atoms with Crippen molar-refractivity contribution in [2.45, 2.75) is 24.2 Å². The number of carbonyl (C=O) groups is 1. The molecule has 0 fully saturated rings. The Labute approximate surface area is 174 Å². The Hall–Kier alpha value is -3.27. The number of benzene rings is 1. The summed E-state index contributed by atoms with van der Waals surface area (Å²) in [4.78, 5) is 28.5. The van der Waals surface area contributed by atoms with Crippen LogP contribution in [0.25, 0.3) is 11.3 Å². The highest BCUT2D eigenvalue weighted by Crippen LogP contribution is 2.35. The highest BCUT2D eigenvalue weighted by atomic mass is 32.2. The van der Waals surface area contributed by atoms with E-state index in [4.69, 9.17) is 18.7 Å². The Morgan fingerprint density at radius 3 is 2.97 bits per heavy atom. The van der Waals surface area contributed by atoms with Crippen LogP contribution in [-0.2, 0) is 16.1 Å². The molecule has 1 atom stereocenters. The molecule has 9 nitrogen and oxygen atoms in total. The van der Waals surface area contributed by atoms with Gasteiger partial charge in [0.2, 0.25) is 0 Å². The summed E-state index contributed by atoms with van der Waals surface area (Å²) in [6.07, 6.45) is 1.57. The van der Waals surface area contributed by atoms with Crippen LogP contribution in [0.5, 0.6) is 11.5 Å². The normalized spacial score (nSPS) is 16.9. The van der Waals surface area contributed by atoms with E-state index in [2.05, 4.69) is 10.1 Å². The molecule has 0 saturated carbocycles. The Morgan fingerprint density at radius 1 is 1.20 bits per heavy atom. The molecule has 0 amide bonds. The Kier molecular flexibility index (Phi) is 4.91. The SMILES string of the molecule is O=C(CC1CSc2nccc(=O)n21)OCc1cc(-c2ccc3c(c2)OCCO3)on1. The minimum Gasteiger partial charge on any atom is -0.486 e. The number of ether oxygens (including phenoxy) is 3. The van der Waals surface area contributed by atoms with Crippen LogP contribution in [-0.4, -0.2) is 39.6 Å². The largest absolute Gasteiger partial charge is 0.486 e. The molecule has 2 aromatic heterocycles. The van der Waals surface area contributed by atoms with Gasteiger partial charge in [-0.3, -0.25) is 14.2 Å². The molecule has 1 aromatic carbocycles. The van der Waals surface area contributed by atoms with E-state index in [1.807, 2.05) is 18.2 Å². The second-order valence-electron chi connectivity index (χ2n) is 6.81. The van der Waals surface area contributed by atoms with Crippen LogP contribution in [0.2, 0.25) is 0 Å². The molecular formula is C20H17N3O6S. The number of rotatable bonds is 5. The lowest BCUT2D eigenvalue weighted by Crippen LogP contribution is -2.25. The monoisotopic (exact) mass is 427 g/mol. The maximum absolute atomic E-state index is 12.3. The van der Waals surface area contributed by atoms with E-state index < -0.39 is 5.97 Å². The maximum Gasteiger partial charge on any atom is 0.308 e. The molecule has 30 heavy (non-hydrogen) atoms.